The topological polar surface area (TPSA) is 26.3 Å². The first-order valence-electron chi connectivity index (χ1n) is 8.27. The molecule has 21 heavy (non-hydrogen) atoms. The number of rotatable bonds is 9. The lowest BCUT2D eigenvalue weighted by Crippen LogP contribution is -2.40. The fourth-order valence-corrected chi connectivity index (χ4v) is 2.95. The normalized spacial score (nSPS) is 14.9. The first-order chi connectivity index (χ1) is 9.47. The monoisotopic (exact) mass is 312 g/mol. The van der Waals surface area contributed by atoms with E-state index < -0.39 is 8.32 Å². The fraction of sp³-hybridized carbons (Fsp3) is 0.833. The second-order valence-corrected chi connectivity index (χ2v) is 12.8. The Morgan fingerprint density at radius 2 is 1.81 bits per heavy atom. The van der Waals surface area contributed by atoms with Gasteiger partial charge in [0.25, 0.3) is 0 Å². The van der Waals surface area contributed by atoms with Crippen LogP contribution in [-0.4, -0.2) is 20.7 Å². The summed E-state index contributed by atoms with van der Waals surface area (Å²) in [5.74, 6) is 1.37. The van der Waals surface area contributed by atoms with Crippen LogP contribution in [-0.2, 0) is 9.22 Å². The summed E-state index contributed by atoms with van der Waals surface area (Å²) in [6.45, 7) is 18.3. The molecule has 0 bridgehead atoms. The molecule has 124 valence electrons. The van der Waals surface area contributed by atoms with Gasteiger partial charge in [0, 0.05) is 13.0 Å². The molecule has 0 aromatic heterocycles. The Morgan fingerprint density at radius 3 is 2.24 bits per heavy atom. The van der Waals surface area contributed by atoms with Crippen LogP contribution in [0.2, 0.25) is 18.1 Å². The summed E-state index contributed by atoms with van der Waals surface area (Å²) in [6.07, 6.45) is 7.14. The summed E-state index contributed by atoms with van der Waals surface area (Å²) in [7, 11) is -1.61. The Bertz CT molecular complexity index is 338. The second-order valence-electron chi connectivity index (χ2n) is 7.97. The van der Waals surface area contributed by atoms with E-state index in [9.17, 15) is 4.79 Å². The molecule has 0 N–H and O–H groups in total. The standard InChI is InChI=1S/C18H36O2Si/c1-15(2)17(13-12-16(3)19)11-9-10-14-20-21(7,8)18(4,5)6/h9,11,15,17H,10,12-14H2,1-8H3/b11-9-. The molecule has 1 atom stereocenters. The Balaban J connectivity index is 4.21. The minimum atomic E-state index is -1.61. The van der Waals surface area contributed by atoms with Crippen molar-refractivity contribution in [3.63, 3.8) is 0 Å². The van der Waals surface area contributed by atoms with Gasteiger partial charge < -0.3 is 9.22 Å². The molecular formula is C18H36O2Si. The van der Waals surface area contributed by atoms with Crippen LogP contribution in [0.3, 0.4) is 0 Å². The summed E-state index contributed by atoms with van der Waals surface area (Å²) in [6, 6.07) is 0. The molecule has 0 aromatic rings. The van der Waals surface area contributed by atoms with Crippen molar-refractivity contribution in [2.45, 2.75) is 78.9 Å². The van der Waals surface area contributed by atoms with Crippen LogP contribution in [0.4, 0.5) is 0 Å². The van der Waals surface area contributed by atoms with Crippen molar-refractivity contribution in [3.8, 4) is 0 Å². The summed E-state index contributed by atoms with van der Waals surface area (Å²) < 4.78 is 6.17. The van der Waals surface area contributed by atoms with Crippen LogP contribution in [0.5, 0.6) is 0 Å². The SMILES string of the molecule is CC(=O)CCC(/C=C\CCO[Si](C)(C)C(C)(C)C)C(C)C. The van der Waals surface area contributed by atoms with E-state index in [1.807, 2.05) is 0 Å². The van der Waals surface area contributed by atoms with Crippen molar-refractivity contribution in [3.05, 3.63) is 12.2 Å². The minimum absolute atomic E-state index is 0.276. The van der Waals surface area contributed by atoms with E-state index in [4.69, 9.17) is 4.43 Å². The Morgan fingerprint density at radius 1 is 1.24 bits per heavy atom. The predicted molar refractivity (Wildman–Crippen MR) is 95.1 cm³/mol. The van der Waals surface area contributed by atoms with E-state index in [0.29, 0.717) is 18.3 Å². The number of carbonyl (C=O) groups is 1. The quantitative estimate of drug-likeness (QED) is 0.315. The van der Waals surface area contributed by atoms with Crippen molar-refractivity contribution in [1.29, 1.82) is 0 Å². The molecule has 1 unspecified atom stereocenters. The highest BCUT2D eigenvalue weighted by molar-refractivity contribution is 6.74. The molecule has 3 heteroatoms. The molecular weight excluding hydrogens is 276 g/mol. The van der Waals surface area contributed by atoms with Crippen molar-refractivity contribution in [2.24, 2.45) is 11.8 Å². The van der Waals surface area contributed by atoms with Crippen molar-refractivity contribution in [2.75, 3.05) is 6.61 Å². The highest BCUT2D eigenvalue weighted by atomic mass is 28.4. The summed E-state index contributed by atoms with van der Waals surface area (Å²) in [4.78, 5) is 11.1. The molecule has 0 aliphatic rings. The molecule has 0 rings (SSSR count). The zero-order valence-electron chi connectivity index (χ0n) is 15.5. The number of allylic oxidation sites excluding steroid dienone is 1. The van der Waals surface area contributed by atoms with Crippen LogP contribution in [0.15, 0.2) is 12.2 Å². The van der Waals surface area contributed by atoms with Gasteiger partial charge in [0.05, 0.1) is 0 Å². The molecule has 0 aromatic carbocycles. The molecule has 0 amide bonds. The van der Waals surface area contributed by atoms with E-state index in [0.717, 1.165) is 19.4 Å². The Labute approximate surface area is 133 Å². The van der Waals surface area contributed by atoms with Crippen molar-refractivity contribution < 1.29 is 9.22 Å². The van der Waals surface area contributed by atoms with Gasteiger partial charge in [-0.05, 0) is 49.7 Å². The number of hydrogen-bond acceptors (Lipinski definition) is 2. The van der Waals surface area contributed by atoms with Gasteiger partial charge in [-0.15, -0.1) is 0 Å². The Kier molecular flexibility index (Phi) is 8.72. The lowest BCUT2D eigenvalue weighted by atomic mass is 9.90. The maximum absolute atomic E-state index is 11.1. The molecule has 0 spiro atoms. The van der Waals surface area contributed by atoms with Crippen LogP contribution >= 0.6 is 0 Å². The molecule has 0 fully saturated rings. The van der Waals surface area contributed by atoms with Crippen molar-refractivity contribution >= 4 is 14.1 Å². The Hall–Kier alpha value is -0.413. The van der Waals surface area contributed by atoms with E-state index in [-0.39, 0.29) is 10.8 Å². The smallest absolute Gasteiger partial charge is 0.191 e. The summed E-state index contributed by atoms with van der Waals surface area (Å²) in [5, 5.41) is 0.276. The van der Waals surface area contributed by atoms with Crippen LogP contribution < -0.4 is 0 Å². The van der Waals surface area contributed by atoms with E-state index in [2.05, 4.69) is 59.9 Å². The van der Waals surface area contributed by atoms with Crippen LogP contribution in [0.1, 0.15) is 60.8 Å². The van der Waals surface area contributed by atoms with Crippen molar-refractivity contribution in [1.82, 2.24) is 0 Å². The van der Waals surface area contributed by atoms with Gasteiger partial charge in [-0.25, -0.2) is 0 Å². The minimum Gasteiger partial charge on any atom is -0.417 e. The lowest BCUT2D eigenvalue weighted by Gasteiger charge is -2.36. The molecule has 0 aliphatic carbocycles. The van der Waals surface area contributed by atoms with Gasteiger partial charge in [-0.3, -0.25) is 0 Å². The maximum atomic E-state index is 11.1. The number of carbonyl (C=O) groups excluding carboxylic acids is 1. The predicted octanol–water partition coefficient (Wildman–Crippen LogP) is 5.60. The molecule has 0 saturated carbocycles. The van der Waals surface area contributed by atoms with Gasteiger partial charge in [-0.1, -0.05) is 46.8 Å². The highest BCUT2D eigenvalue weighted by Gasteiger charge is 2.36. The number of ketones is 1. The molecule has 0 aliphatic heterocycles. The van der Waals surface area contributed by atoms with Crippen LogP contribution in [0.25, 0.3) is 0 Å². The lowest BCUT2D eigenvalue weighted by molar-refractivity contribution is -0.117. The average Bonchev–Trinajstić information content (AvgIpc) is 2.30. The van der Waals surface area contributed by atoms with Gasteiger partial charge in [-0.2, -0.15) is 0 Å². The number of Topliss-reactive ketones (excluding diaryl/α,β-unsaturated/α-hetero) is 1. The largest absolute Gasteiger partial charge is 0.417 e. The zero-order valence-corrected chi connectivity index (χ0v) is 16.5. The van der Waals surface area contributed by atoms with Gasteiger partial charge in [0.1, 0.15) is 5.78 Å². The highest BCUT2D eigenvalue weighted by Crippen LogP contribution is 2.36. The zero-order chi connectivity index (χ0) is 16.7. The molecule has 2 nitrogen and oxygen atoms in total. The van der Waals surface area contributed by atoms with E-state index in [1.54, 1.807) is 6.92 Å². The molecule has 0 radical (unpaired) electrons. The van der Waals surface area contributed by atoms with E-state index in [1.165, 1.54) is 0 Å². The molecule has 0 heterocycles. The third-order valence-electron chi connectivity index (χ3n) is 4.62. The van der Waals surface area contributed by atoms with E-state index >= 15 is 0 Å². The fourth-order valence-electron chi connectivity index (χ4n) is 1.89. The molecule has 0 saturated heterocycles. The third-order valence-corrected chi connectivity index (χ3v) is 9.16. The average molecular weight is 313 g/mol. The van der Waals surface area contributed by atoms with Crippen LogP contribution in [0, 0.1) is 11.8 Å². The van der Waals surface area contributed by atoms with Gasteiger partial charge in [0.2, 0.25) is 0 Å². The maximum Gasteiger partial charge on any atom is 0.191 e. The second kappa shape index (κ2) is 8.89. The first-order valence-corrected chi connectivity index (χ1v) is 11.2. The first kappa shape index (κ1) is 20.6. The van der Waals surface area contributed by atoms with Gasteiger partial charge in [0.15, 0.2) is 8.32 Å². The summed E-state index contributed by atoms with van der Waals surface area (Å²) >= 11 is 0. The third kappa shape index (κ3) is 8.57. The van der Waals surface area contributed by atoms with Gasteiger partial charge >= 0.3 is 0 Å². The summed E-state index contributed by atoms with van der Waals surface area (Å²) in [5.41, 5.74) is 0. The number of hydrogen-bond donors (Lipinski definition) is 0.